The van der Waals surface area contributed by atoms with Crippen molar-refractivity contribution in [3.05, 3.63) is 70.6 Å². The first-order valence-corrected chi connectivity index (χ1v) is 8.22. The molecule has 0 fully saturated rings. The first-order chi connectivity index (χ1) is 12.0. The van der Waals surface area contributed by atoms with E-state index in [9.17, 15) is 14.3 Å². The van der Waals surface area contributed by atoms with Gasteiger partial charge in [-0.2, -0.15) is 5.10 Å². The van der Waals surface area contributed by atoms with E-state index in [2.05, 4.69) is 10.2 Å². The van der Waals surface area contributed by atoms with E-state index in [0.717, 1.165) is 18.1 Å². The second-order valence-corrected chi connectivity index (χ2v) is 6.17. The number of aromatic hydroxyl groups is 1. The number of rotatable bonds is 6. The van der Waals surface area contributed by atoms with Crippen molar-refractivity contribution in [2.45, 2.75) is 19.3 Å². The number of nitrogens with one attached hydrogen (secondary N) is 1. The van der Waals surface area contributed by atoms with Crippen LogP contribution in [0.5, 0.6) is 5.75 Å². The van der Waals surface area contributed by atoms with Gasteiger partial charge >= 0.3 is 0 Å². The first-order valence-electron chi connectivity index (χ1n) is 7.85. The van der Waals surface area contributed by atoms with E-state index in [4.69, 9.17) is 11.6 Å². The molecule has 1 aromatic heterocycles. The number of H-pyrrole nitrogens is 1. The molecule has 0 atom stereocenters. The van der Waals surface area contributed by atoms with Gasteiger partial charge in [0, 0.05) is 17.0 Å². The van der Waals surface area contributed by atoms with Crippen LogP contribution < -0.4 is 0 Å². The number of Topliss-reactive ketones (excluding diaryl/α,β-unsaturated/α-hetero) is 1. The van der Waals surface area contributed by atoms with Crippen LogP contribution in [0.25, 0.3) is 11.3 Å². The molecule has 0 spiro atoms. The Morgan fingerprint density at radius 3 is 2.68 bits per heavy atom. The highest BCUT2D eigenvalue weighted by atomic mass is 35.5. The highest BCUT2D eigenvalue weighted by molar-refractivity contribution is 6.30. The van der Waals surface area contributed by atoms with Crippen LogP contribution in [-0.4, -0.2) is 21.1 Å². The molecule has 0 aliphatic carbocycles. The predicted molar refractivity (Wildman–Crippen MR) is 94.4 cm³/mol. The second-order valence-electron chi connectivity index (χ2n) is 5.73. The first kappa shape index (κ1) is 17.2. The Labute approximate surface area is 149 Å². The van der Waals surface area contributed by atoms with Crippen LogP contribution in [0.2, 0.25) is 5.02 Å². The summed E-state index contributed by atoms with van der Waals surface area (Å²) in [4.78, 5) is 12.3. The molecule has 3 rings (SSSR count). The highest BCUT2D eigenvalue weighted by Crippen LogP contribution is 2.28. The number of hydrogen-bond donors (Lipinski definition) is 2. The molecule has 6 heteroatoms. The van der Waals surface area contributed by atoms with Crippen molar-refractivity contribution in [3.8, 4) is 17.0 Å². The van der Waals surface area contributed by atoms with Crippen LogP contribution in [0, 0.1) is 5.82 Å². The summed E-state index contributed by atoms with van der Waals surface area (Å²) in [5, 5.41) is 17.1. The van der Waals surface area contributed by atoms with Crippen LogP contribution >= 0.6 is 11.6 Å². The Balaban J connectivity index is 1.62. The molecule has 0 aliphatic heterocycles. The zero-order valence-electron chi connectivity index (χ0n) is 13.3. The van der Waals surface area contributed by atoms with Gasteiger partial charge in [0.25, 0.3) is 0 Å². The third-order valence-corrected chi connectivity index (χ3v) is 4.15. The van der Waals surface area contributed by atoms with E-state index in [1.54, 1.807) is 0 Å². The summed E-state index contributed by atoms with van der Waals surface area (Å²) in [7, 11) is 0. The molecule has 2 N–H and O–H groups in total. The molecule has 0 saturated heterocycles. The van der Waals surface area contributed by atoms with Gasteiger partial charge in [-0.3, -0.25) is 9.89 Å². The van der Waals surface area contributed by atoms with Gasteiger partial charge in [-0.1, -0.05) is 23.7 Å². The smallest absolute Gasteiger partial charge is 0.180 e. The summed E-state index contributed by atoms with van der Waals surface area (Å²) in [6.07, 6.45) is 1.83. The van der Waals surface area contributed by atoms with Crippen molar-refractivity contribution in [3.63, 3.8) is 0 Å². The quantitative estimate of drug-likeness (QED) is 0.623. The Morgan fingerprint density at radius 1 is 1.16 bits per heavy atom. The van der Waals surface area contributed by atoms with Crippen molar-refractivity contribution in [1.29, 1.82) is 0 Å². The number of aromatic nitrogens is 2. The normalized spacial score (nSPS) is 10.8. The molecule has 2 aromatic carbocycles. The molecule has 0 saturated carbocycles. The van der Waals surface area contributed by atoms with Crippen LogP contribution in [0.15, 0.2) is 48.5 Å². The molecular weight excluding hydrogens is 343 g/mol. The van der Waals surface area contributed by atoms with Gasteiger partial charge in [-0.25, -0.2) is 4.39 Å². The summed E-state index contributed by atoms with van der Waals surface area (Å²) in [5.74, 6) is -0.648. The van der Waals surface area contributed by atoms with Crippen LogP contribution in [0.3, 0.4) is 0 Å². The Morgan fingerprint density at radius 2 is 1.92 bits per heavy atom. The molecular formula is C19H16ClFN2O2. The molecule has 0 amide bonds. The van der Waals surface area contributed by atoms with E-state index >= 15 is 0 Å². The highest BCUT2D eigenvalue weighted by Gasteiger charge is 2.14. The summed E-state index contributed by atoms with van der Waals surface area (Å²) in [6.45, 7) is 0. The fourth-order valence-electron chi connectivity index (χ4n) is 2.55. The minimum absolute atomic E-state index is 0.0800. The Hall–Kier alpha value is -2.66. The number of phenols is 1. The number of aryl methyl sites for hydroxylation is 1. The number of aromatic amines is 1. The van der Waals surface area contributed by atoms with Gasteiger partial charge in [-0.05, 0) is 54.8 Å². The zero-order valence-corrected chi connectivity index (χ0v) is 14.1. The lowest BCUT2D eigenvalue weighted by Gasteiger charge is -2.01. The zero-order chi connectivity index (χ0) is 17.8. The Bertz CT molecular complexity index is 891. The third-order valence-electron chi connectivity index (χ3n) is 3.90. The lowest BCUT2D eigenvalue weighted by molar-refractivity contribution is 0.0975. The predicted octanol–water partition coefficient (Wildman–Crippen LogP) is 4.78. The van der Waals surface area contributed by atoms with E-state index in [0.29, 0.717) is 29.3 Å². The van der Waals surface area contributed by atoms with Crippen LogP contribution in [0.1, 0.15) is 28.9 Å². The number of ketones is 1. The summed E-state index contributed by atoms with van der Waals surface area (Å²) in [5.41, 5.74) is 2.04. The monoisotopic (exact) mass is 358 g/mol. The molecule has 1 heterocycles. The van der Waals surface area contributed by atoms with Gasteiger partial charge in [0.2, 0.25) is 0 Å². The molecule has 0 aliphatic rings. The maximum absolute atomic E-state index is 13.3. The van der Waals surface area contributed by atoms with E-state index in [1.165, 1.54) is 18.2 Å². The molecule has 4 nitrogen and oxygen atoms in total. The van der Waals surface area contributed by atoms with Gasteiger partial charge in [0.1, 0.15) is 17.3 Å². The lowest BCUT2D eigenvalue weighted by Crippen LogP contribution is -2.00. The molecule has 25 heavy (non-hydrogen) atoms. The van der Waals surface area contributed by atoms with Gasteiger partial charge in [0.15, 0.2) is 5.78 Å². The van der Waals surface area contributed by atoms with Crippen molar-refractivity contribution in [1.82, 2.24) is 10.2 Å². The fourth-order valence-corrected chi connectivity index (χ4v) is 2.68. The number of carbonyl (C=O) groups is 1. The fraction of sp³-hybridized carbons (Fsp3) is 0.158. The summed E-state index contributed by atoms with van der Waals surface area (Å²) >= 11 is 5.84. The number of nitrogens with zero attached hydrogens (tertiary/aromatic N) is 1. The molecule has 3 aromatic rings. The average molecular weight is 359 g/mol. The molecule has 0 bridgehead atoms. The average Bonchev–Trinajstić information content (AvgIpc) is 3.09. The van der Waals surface area contributed by atoms with Crippen molar-refractivity contribution >= 4 is 17.4 Å². The molecule has 128 valence electrons. The van der Waals surface area contributed by atoms with Crippen LogP contribution in [-0.2, 0) is 6.42 Å². The number of benzene rings is 2. The minimum atomic E-state index is -0.480. The largest absolute Gasteiger partial charge is 0.507 e. The number of carbonyl (C=O) groups excluding carboxylic acids is 1. The van der Waals surface area contributed by atoms with Crippen molar-refractivity contribution in [2.75, 3.05) is 0 Å². The van der Waals surface area contributed by atoms with Gasteiger partial charge in [0.05, 0.1) is 5.69 Å². The number of hydrogen-bond acceptors (Lipinski definition) is 3. The van der Waals surface area contributed by atoms with Gasteiger partial charge < -0.3 is 5.11 Å². The number of halogens is 2. The molecule has 0 unspecified atom stereocenters. The summed E-state index contributed by atoms with van der Waals surface area (Å²) < 4.78 is 13.3. The maximum Gasteiger partial charge on any atom is 0.180 e. The SMILES string of the molecule is O=C(CCCc1ccc(Cl)cc1)c1cc(-c2cc(F)ccc2O)n[nH]1. The van der Waals surface area contributed by atoms with E-state index in [-0.39, 0.29) is 17.1 Å². The minimum Gasteiger partial charge on any atom is -0.507 e. The Kier molecular flexibility index (Phi) is 5.14. The topological polar surface area (TPSA) is 66.0 Å². The summed E-state index contributed by atoms with van der Waals surface area (Å²) in [6, 6.07) is 12.7. The third kappa shape index (κ3) is 4.25. The van der Waals surface area contributed by atoms with Gasteiger partial charge in [-0.15, -0.1) is 0 Å². The second kappa shape index (κ2) is 7.49. The van der Waals surface area contributed by atoms with E-state index < -0.39 is 5.82 Å². The maximum atomic E-state index is 13.3. The van der Waals surface area contributed by atoms with Crippen molar-refractivity contribution < 1.29 is 14.3 Å². The van der Waals surface area contributed by atoms with Crippen molar-refractivity contribution in [2.24, 2.45) is 0 Å². The van der Waals surface area contributed by atoms with E-state index in [1.807, 2.05) is 24.3 Å². The molecule has 0 radical (unpaired) electrons. The standard InChI is InChI=1S/C19H16ClFN2O2/c20-13-6-4-12(5-7-13)2-1-3-19(25)17-11-16(22-23-17)15-10-14(21)8-9-18(15)24/h4-11,24H,1-3H2,(H,22,23). The lowest BCUT2D eigenvalue weighted by atomic mass is 10.0. The number of phenolic OH excluding ortho intramolecular Hbond substituents is 1. The van der Waals surface area contributed by atoms with Crippen LogP contribution in [0.4, 0.5) is 4.39 Å².